The van der Waals surface area contributed by atoms with Crippen LogP contribution in [0.1, 0.15) is 51.4 Å². The Morgan fingerprint density at radius 1 is 1.15 bits per heavy atom. The second kappa shape index (κ2) is 9.13. The minimum atomic E-state index is -0.636. The number of carbonyl (C=O) groups is 1. The molecule has 1 aliphatic carbocycles. The molecule has 3 aliphatic heterocycles. The van der Waals surface area contributed by atoms with Crippen LogP contribution in [0.15, 0.2) is 0 Å². The molecule has 4 fully saturated rings. The Morgan fingerprint density at radius 3 is 2.81 bits per heavy atom. The fourth-order valence-electron chi connectivity index (χ4n) is 4.92. The number of likely N-dealkylation sites (tertiary alicyclic amines) is 1. The summed E-state index contributed by atoms with van der Waals surface area (Å²) in [6.45, 7) is 4.50. The van der Waals surface area contributed by atoms with E-state index in [1.54, 1.807) is 0 Å². The van der Waals surface area contributed by atoms with Crippen molar-refractivity contribution in [1.29, 1.82) is 0 Å². The Bertz CT molecular complexity index is 504. The second-order valence-corrected chi connectivity index (χ2v) is 8.68. The lowest BCUT2D eigenvalue weighted by atomic mass is 9.88. The number of alkyl halides is 1. The zero-order valence-corrected chi connectivity index (χ0v) is 16.2. The van der Waals surface area contributed by atoms with Crippen molar-refractivity contribution in [2.75, 3.05) is 32.7 Å². The average Bonchev–Trinajstić information content (AvgIpc) is 3.32. The number of hydroxylamine groups is 1. The Morgan fingerprint density at radius 2 is 2.00 bits per heavy atom. The van der Waals surface area contributed by atoms with Crippen molar-refractivity contribution in [1.82, 2.24) is 26.1 Å². The first kappa shape index (κ1) is 19.5. The lowest BCUT2D eigenvalue weighted by Gasteiger charge is -2.30. The molecule has 0 aromatic heterocycles. The molecule has 3 saturated heterocycles. The maximum absolute atomic E-state index is 13.6. The summed E-state index contributed by atoms with van der Waals surface area (Å²) in [5.41, 5.74) is 6.29. The smallest absolute Gasteiger partial charge is 0.239 e. The number of hydrogen-bond acceptors (Lipinski definition) is 6. The van der Waals surface area contributed by atoms with Gasteiger partial charge in [0.15, 0.2) is 0 Å². The Balaban J connectivity index is 1.18. The van der Waals surface area contributed by atoms with E-state index in [2.05, 4.69) is 26.1 Å². The van der Waals surface area contributed by atoms with E-state index in [1.165, 1.54) is 19.3 Å². The molecule has 3 N–H and O–H groups in total. The van der Waals surface area contributed by atoms with E-state index in [4.69, 9.17) is 4.84 Å². The number of hydrazine groups is 1. The fourth-order valence-corrected chi connectivity index (χ4v) is 4.92. The van der Waals surface area contributed by atoms with E-state index in [0.29, 0.717) is 18.8 Å². The average molecular weight is 384 g/mol. The van der Waals surface area contributed by atoms with Crippen molar-refractivity contribution in [2.45, 2.75) is 75.8 Å². The normalized spacial score (nSPS) is 38.9. The summed E-state index contributed by atoms with van der Waals surface area (Å²) in [4.78, 5) is 20.6. The van der Waals surface area contributed by atoms with Gasteiger partial charge in [-0.2, -0.15) is 5.48 Å². The highest BCUT2D eigenvalue weighted by atomic mass is 19.1. The van der Waals surface area contributed by atoms with Gasteiger partial charge in [0.25, 0.3) is 0 Å². The molecule has 3 heterocycles. The summed E-state index contributed by atoms with van der Waals surface area (Å²) >= 11 is 0. The topological polar surface area (TPSA) is 68.9 Å². The number of halogens is 1. The van der Waals surface area contributed by atoms with Gasteiger partial charge in [0.05, 0.1) is 6.04 Å². The predicted molar refractivity (Wildman–Crippen MR) is 100 cm³/mol. The minimum absolute atomic E-state index is 0.0131. The molecule has 0 bridgehead atoms. The van der Waals surface area contributed by atoms with Gasteiger partial charge in [-0.3, -0.25) is 20.0 Å². The molecule has 7 nitrogen and oxygen atoms in total. The summed E-state index contributed by atoms with van der Waals surface area (Å²) in [5.74, 6) is 0.440. The van der Waals surface area contributed by atoms with Crippen LogP contribution in [0.5, 0.6) is 0 Å². The first-order valence-electron chi connectivity index (χ1n) is 10.8. The van der Waals surface area contributed by atoms with Gasteiger partial charge in [0, 0.05) is 39.1 Å². The maximum atomic E-state index is 13.6. The zero-order valence-electron chi connectivity index (χ0n) is 16.2. The number of hydrogen-bond donors (Lipinski definition) is 3. The van der Waals surface area contributed by atoms with Crippen LogP contribution in [-0.2, 0) is 9.63 Å². The molecule has 0 spiro atoms. The van der Waals surface area contributed by atoms with Gasteiger partial charge >= 0.3 is 0 Å². The molecular formula is C19H34FN5O2. The highest BCUT2D eigenvalue weighted by Crippen LogP contribution is 2.27. The van der Waals surface area contributed by atoms with Gasteiger partial charge in [0.2, 0.25) is 5.91 Å². The highest BCUT2D eigenvalue weighted by molar-refractivity contribution is 5.82. The molecule has 4 aliphatic rings. The molecule has 4 rings (SSSR count). The number of amides is 1. The van der Waals surface area contributed by atoms with Crippen molar-refractivity contribution in [3.05, 3.63) is 0 Å². The number of piperidine rings is 1. The van der Waals surface area contributed by atoms with Crippen molar-refractivity contribution >= 4 is 5.91 Å². The van der Waals surface area contributed by atoms with Gasteiger partial charge in [0.1, 0.15) is 18.4 Å². The summed E-state index contributed by atoms with van der Waals surface area (Å²) < 4.78 is 13.6. The van der Waals surface area contributed by atoms with E-state index in [1.807, 2.05) is 0 Å². The second-order valence-electron chi connectivity index (χ2n) is 8.68. The molecule has 5 unspecified atom stereocenters. The van der Waals surface area contributed by atoms with Crippen molar-refractivity contribution in [3.63, 3.8) is 0 Å². The first-order valence-corrected chi connectivity index (χ1v) is 10.8. The highest BCUT2D eigenvalue weighted by Gasteiger charge is 2.36. The molecule has 1 amide bonds. The molecule has 0 aromatic carbocycles. The van der Waals surface area contributed by atoms with Gasteiger partial charge in [-0.25, -0.2) is 9.40 Å². The standard InChI is InChI=1S/C19H34FN5O2/c20-15-6-4-5-14(9-15)12-25-13-16(11-21-25)22-19(26)17-10-18(27-23-17)24-7-2-1-3-8-24/h14-18,21,23H,1-13H2,(H,22,26). The first-order chi connectivity index (χ1) is 13.2. The molecule has 154 valence electrons. The molecular weight excluding hydrogens is 349 g/mol. The summed E-state index contributed by atoms with van der Waals surface area (Å²) in [6, 6.07) is -0.185. The third kappa shape index (κ3) is 5.17. The van der Waals surface area contributed by atoms with Crippen molar-refractivity contribution < 1.29 is 14.0 Å². The zero-order chi connectivity index (χ0) is 18.6. The lowest BCUT2D eigenvalue weighted by Crippen LogP contribution is -2.47. The molecule has 0 aromatic rings. The Labute approximate surface area is 161 Å². The van der Waals surface area contributed by atoms with Crippen LogP contribution in [0, 0.1) is 5.92 Å². The van der Waals surface area contributed by atoms with Gasteiger partial charge in [-0.1, -0.05) is 12.8 Å². The number of nitrogens with zero attached hydrogens (tertiary/aromatic N) is 2. The third-order valence-electron chi connectivity index (χ3n) is 6.44. The van der Waals surface area contributed by atoms with E-state index >= 15 is 0 Å². The maximum Gasteiger partial charge on any atom is 0.239 e. The van der Waals surface area contributed by atoms with Crippen LogP contribution in [0.25, 0.3) is 0 Å². The van der Waals surface area contributed by atoms with Crippen molar-refractivity contribution in [3.8, 4) is 0 Å². The van der Waals surface area contributed by atoms with Gasteiger partial charge < -0.3 is 5.32 Å². The van der Waals surface area contributed by atoms with E-state index in [0.717, 1.165) is 52.0 Å². The quantitative estimate of drug-likeness (QED) is 0.656. The monoisotopic (exact) mass is 383 g/mol. The molecule has 27 heavy (non-hydrogen) atoms. The molecule has 5 atom stereocenters. The number of nitrogens with one attached hydrogen (secondary N) is 3. The van der Waals surface area contributed by atoms with Gasteiger partial charge in [-0.15, -0.1) is 0 Å². The minimum Gasteiger partial charge on any atom is -0.349 e. The van der Waals surface area contributed by atoms with Crippen LogP contribution in [0.3, 0.4) is 0 Å². The predicted octanol–water partition coefficient (Wildman–Crippen LogP) is 0.925. The third-order valence-corrected chi connectivity index (χ3v) is 6.44. The number of rotatable bonds is 5. The summed E-state index contributed by atoms with van der Waals surface area (Å²) in [5, 5.41) is 5.30. The fraction of sp³-hybridized carbons (Fsp3) is 0.947. The molecule has 0 radical (unpaired) electrons. The van der Waals surface area contributed by atoms with Gasteiger partial charge in [-0.05, 0) is 38.0 Å². The molecule has 8 heteroatoms. The lowest BCUT2D eigenvalue weighted by molar-refractivity contribution is -0.125. The molecule has 1 saturated carbocycles. The number of carbonyl (C=O) groups excluding carboxylic acids is 1. The van der Waals surface area contributed by atoms with Crippen LogP contribution in [0.4, 0.5) is 4.39 Å². The van der Waals surface area contributed by atoms with Crippen molar-refractivity contribution in [2.24, 2.45) is 5.92 Å². The van der Waals surface area contributed by atoms with Crippen LogP contribution in [-0.4, -0.2) is 73.0 Å². The largest absolute Gasteiger partial charge is 0.349 e. The van der Waals surface area contributed by atoms with E-state index in [9.17, 15) is 9.18 Å². The van der Waals surface area contributed by atoms with Crippen LogP contribution < -0.4 is 16.2 Å². The van der Waals surface area contributed by atoms with Crippen LogP contribution >= 0.6 is 0 Å². The Hall–Kier alpha value is -0.800. The summed E-state index contributed by atoms with van der Waals surface area (Å²) in [6.07, 6.45) is 7.29. The SMILES string of the molecule is O=C(NC1CNN(CC2CCCC(F)C2)C1)C1CC(N2CCCCC2)ON1. The van der Waals surface area contributed by atoms with E-state index < -0.39 is 6.17 Å². The van der Waals surface area contributed by atoms with Crippen LogP contribution in [0.2, 0.25) is 0 Å². The van der Waals surface area contributed by atoms with E-state index in [-0.39, 0.29) is 24.2 Å². The summed E-state index contributed by atoms with van der Waals surface area (Å²) in [7, 11) is 0. The Kier molecular flexibility index (Phi) is 6.60.